The van der Waals surface area contributed by atoms with Crippen molar-refractivity contribution >= 4 is 45.1 Å². The zero-order valence-corrected chi connectivity index (χ0v) is 20.1. The summed E-state index contributed by atoms with van der Waals surface area (Å²) in [6, 6.07) is 10.5. The van der Waals surface area contributed by atoms with Crippen LogP contribution in [-0.2, 0) is 10.0 Å². The maximum atomic E-state index is 13.1. The van der Waals surface area contributed by atoms with Crippen molar-refractivity contribution in [1.29, 1.82) is 0 Å². The summed E-state index contributed by atoms with van der Waals surface area (Å²) in [5.74, 6) is -0.415. The number of amides is 1. The maximum Gasteiger partial charge on any atom is 0.322 e. The molecule has 0 bridgehead atoms. The fourth-order valence-corrected chi connectivity index (χ4v) is 5.96. The fourth-order valence-electron chi connectivity index (χ4n) is 3.83. The Morgan fingerprint density at radius 1 is 1.15 bits per heavy atom. The largest absolute Gasteiger partial charge is 0.403 e. The highest BCUT2D eigenvalue weighted by molar-refractivity contribution is 7.89. The Labute approximate surface area is 201 Å². The summed E-state index contributed by atoms with van der Waals surface area (Å²) in [5, 5.41) is 11.0. The highest BCUT2D eigenvalue weighted by atomic mass is 35.5. The zero-order chi connectivity index (χ0) is 23.6. The van der Waals surface area contributed by atoms with Crippen molar-refractivity contribution in [3.63, 3.8) is 0 Å². The second kappa shape index (κ2) is 9.80. The summed E-state index contributed by atoms with van der Waals surface area (Å²) in [7, 11) is -3.62. The molecule has 33 heavy (non-hydrogen) atoms. The number of anilines is 1. The van der Waals surface area contributed by atoms with Crippen LogP contribution >= 0.6 is 23.2 Å². The number of benzene rings is 2. The van der Waals surface area contributed by atoms with Crippen molar-refractivity contribution in [2.45, 2.75) is 43.5 Å². The van der Waals surface area contributed by atoms with Gasteiger partial charge in [-0.15, -0.1) is 5.10 Å². The van der Waals surface area contributed by atoms with Gasteiger partial charge >= 0.3 is 6.01 Å². The monoisotopic (exact) mass is 508 g/mol. The first-order valence-corrected chi connectivity index (χ1v) is 12.7. The van der Waals surface area contributed by atoms with E-state index in [1.165, 1.54) is 24.3 Å². The number of piperidine rings is 1. The van der Waals surface area contributed by atoms with Gasteiger partial charge in [-0.1, -0.05) is 41.6 Å². The topological polar surface area (TPSA) is 105 Å². The minimum atomic E-state index is -3.62. The molecule has 11 heteroatoms. The minimum Gasteiger partial charge on any atom is -0.403 e. The highest BCUT2D eigenvalue weighted by Crippen LogP contribution is 2.31. The van der Waals surface area contributed by atoms with Crippen LogP contribution in [0.2, 0.25) is 10.0 Å². The summed E-state index contributed by atoms with van der Waals surface area (Å²) < 4.78 is 33.2. The SMILES string of the molecule is CCC1CCCCN1S(=O)(=O)c1ccc(C(=O)Nc2nnc(-c3cc(Cl)ccc3Cl)o2)cc1. The van der Waals surface area contributed by atoms with Gasteiger partial charge in [0.15, 0.2) is 0 Å². The Kier molecular flexibility index (Phi) is 7.04. The van der Waals surface area contributed by atoms with Gasteiger partial charge < -0.3 is 4.42 Å². The highest BCUT2D eigenvalue weighted by Gasteiger charge is 2.32. The number of rotatable bonds is 6. The number of hydrogen-bond donors (Lipinski definition) is 1. The van der Waals surface area contributed by atoms with Gasteiger partial charge in [0.2, 0.25) is 10.0 Å². The molecule has 1 aromatic heterocycles. The Morgan fingerprint density at radius 3 is 2.64 bits per heavy atom. The summed E-state index contributed by atoms with van der Waals surface area (Å²) in [6.45, 7) is 2.51. The summed E-state index contributed by atoms with van der Waals surface area (Å²) in [4.78, 5) is 12.8. The standard InChI is InChI=1S/C22H22Cl2N4O4S/c1-2-16-5-3-4-12-28(16)33(30,31)17-9-6-14(7-10-17)20(29)25-22-27-26-21(32-22)18-13-15(23)8-11-19(18)24/h6-11,13,16H,2-5,12H2,1H3,(H,25,27,29). The molecule has 0 spiro atoms. The number of hydrogen-bond acceptors (Lipinski definition) is 6. The summed E-state index contributed by atoms with van der Waals surface area (Å²) >= 11 is 12.1. The Hall–Kier alpha value is -2.46. The first-order valence-electron chi connectivity index (χ1n) is 10.5. The molecular formula is C22H22Cl2N4O4S. The van der Waals surface area contributed by atoms with Gasteiger partial charge in [-0.05, 0) is 61.7 Å². The van der Waals surface area contributed by atoms with E-state index in [1.54, 1.807) is 22.5 Å². The van der Waals surface area contributed by atoms with Gasteiger partial charge in [0.25, 0.3) is 11.8 Å². The number of aromatic nitrogens is 2. The molecular weight excluding hydrogens is 487 g/mol. The lowest BCUT2D eigenvalue weighted by Crippen LogP contribution is -2.43. The molecule has 3 aromatic rings. The van der Waals surface area contributed by atoms with Crippen molar-refractivity contribution in [1.82, 2.24) is 14.5 Å². The fraction of sp³-hybridized carbons (Fsp3) is 0.318. The van der Waals surface area contributed by atoms with Crippen LogP contribution in [0.1, 0.15) is 43.0 Å². The molecule has 1 atom stereocenters. The lowest BCUT2D eigenvalue weighted by Gasteiger charge is -2.34. The number of nitrogens with one attached hydrogen (secondary N) is 1. The zero-order valence-electron chi connectivity index (χ0n) is 17.8. The summed E-state index contributed by atoms with van der Waals surface area (Å²) in [5.41, 5.74) is 0.690. The molecule has 8 nitrogen and oxygen atoms in total. The molecule has 1 N–H and O–H groups in total. The van der Waals surface area contributed by atoms with Crippen molar-refractivity contribution in [2.75, 3.05) is 11.9 Å². The van der Waals surface area contributed by atoms with Gasteiger partial charge in [0, 0.05) is 23.2 Å². The van der Waals surface area contributed by atoms with Gasteiger partial charge in [-0.25, -0.2) is 8.42 Å². The second-order valence-corrected chi connectivity index (χ2v) is 10.4. The number of carbonyl (C=O) groups excluding carboxylic acids is 1. The molecule has 1 unspecified atom stereocenters. The van der Waals surface area contributed by atoms with Crippen molar-refractivity contribution in [3.05, 3.63) is 58.1 Å². The van der Waals surface area contributed by atoms with E-state index >= 15 is 0 Å². The molecule has 174 valence electrons. The van der Waals surface area contributed by atoms with E-state index in [1.807, 2.05) is 6.92 Å². The molecule has 2 aromatic carbocycles. The van der Waals surface area contributed by atoms with Crippen LogP contribution in [0, 0.1) is 0 Å². The molecule has 0 saturated carbocycles. The van der Waals surface area contributed by atoms with Crippen LogP contribution in [0.3, 0.4) is 0 Å². The van der Waals surface area contributed by atoms with Crippen LogP contribution in [0.25, 0.3) is 11.5 Å². The smallest absolute Gasteiger partial charge is 0.322 e. The van der Waals surface area contributed by atoms with Crippen LogP contribution in [-0.4, -0.2) is 41.4 Å². The third kappa shape index (κ3) is 5.06. The van der Waals surface area contributed by atoms with Gasteiger partial charge in [-0.2, -0.15) is 4.31 Å². The first-order chi connectivity index (χ1) is 15.8. The van der Waals surface area contributed by atoms with E-state index in [0.29, 0.717) is 22.2 Å². The normalized spacial score (nSPS) is 17.1. The molecule has 1 aliphatic rings. The van der Waals surface area contributed by atoms with Gasteiger partial charge in [-0.3, -0.25) is 10.1 Å². The van der Waals surface area contributed by atoms with Crippen LogP contribution in [0.15, 0.2) is 51.8 Å². The average Bonchev–Trinajstić information content (AvgIpc) is 3.28. The number of sulfonamides is 1. The molecule has 2 heterocycles. The first kappa shape index (κ1) is 23.7. The second-order valence-electron chi connectivity index (χ2n) is 7.69. The Bertz CT molecular complexity index is 1260. The summed E-state index contributed by atoms with van der Waals surface area (Å²) in [6.07, 6.45) is 3.52. The molecule has 0 aliphatic carbocycles. The van der Waals surface area contributed by atoms with Crippen molar-refractivity contribution < 1.29 is 17.6 Å². The third-order valence-electron chi connectivity index (χ3n) is 5.57. The quantitative estimate of drug-likeness (QED) is 0.487. The van der Waals surface area contributed by atoms with Crippen molar-refractivity contribution in [3.8, 4) is 11.5 Å². The van der Waals surface area contributed by atoms with E-state index in [4.69, 9.17) is 27.6 Å². The lowest BCUT2D eigenvalue weighted by atomic mass is 10.0. The lowest BCUT2D eigenvalue weighted by molar-refractivity contribution is 0.102. The molecule has 0 radical (unpaired) electrons. The third-order valence-corrected chi connectivity index (χ3v) is 8.10. The van der Waals surface area contributed by atoms with E-state index in [2.05, 4.69) is 15.5 Å². The van der Waals surface area contributed by atoms with Gasteiger partial charge in [0.1, 0.15) is 0 Å². The minimum absolute atomic E-state index is 0.00597. The number of carbonyl (C=O) groups is 1. The molecule has 1 saturated heterocycles. The van der Waals surface area contributed by atoms with Crippen LogP contribution < -0.4 is 5.32 Å². The van der Waals surface area contributed by atoms with Crippen LogP contribution in [0.5, 0.6) is 0 Å². The van der Waals surface area contributed by atoms with Crippen molar-refractivity contribution in [2.24, 2.45) is 0 Å². The molecule has 1 fully saturated rings. The Morgan fingerprint density at radius 2 is 1.91 bits per heavy atom. The van der Waals surface area contributed by atoms with E-state index in [9.17, 15) is 13.2 Å². The average molecular weight is 509 g/mol. The maximum absolute atomic E-state index is 13.1. The Balaban J connectivity index is 1.48. The number of nitrogens with zero attached hydrogens (tertiary/aromatic N) is 3. The van der Waals surface area contributed by atoms with E-state index in [0.717, 1.165) is 25.7 Å². The number of halogens is 2. The predicted molar refractivity (Wildman–Crippen MR) is 126 cm³/mol. The van der Waals surface area contributed by atoms with Gasteiger partial charge in [0.05, 0.1) is 15.5 Å². The van der Waals surface area contributed by atoms with E-state index in [-0.39, 0.29) is 28.4 Å². The molecule has 1 aliphatic heterocycles. The molecule has 1 amide bonds. The van der Waals surface area contributed by atoms with E-state index < -0.39 is 15.9 Å². The molecule has 4 rings (SSSR count). The van der Waals surface area contributed by atoms with Crippen LogP contribution in [0.4, 0.5) is 6.01 Å². The predicted octanol–water partition coefficient (Wildman–Crippen LogP) is 5.25.